The molecule has 3 atom stereocenters. The summed E-state index contributed by atoms with van der Waals surface area (Å²) in [6.45, 7) is 6.69. The van der Waals surface area contributed by atoms with E-state index in [4.69, 9.17) is 16.6 Å². The highest BCUT2D eigenvalue weighted by atomic mass is 35.5. The molecule has 1 aliphatic heterocycles. The van der Waals surface area contributed by atoms with E-state index < -0.39 is 0 Å². The first-order valence-corrected chi connectivity index (χ1v) is 12.3. The molecule has 1 saturated heterocycles. The van der Waals surface area contributed by atoms with Gasteiger partial charge in [-0.15, -0.1) is 11.8 Å². The topological polar surface area (TPSA) is 38.7 Å². The van der Waals surface area contributed by atoms with Crippen molar-refractivity contribution in [3.8, 4) is 0 Å². The Bertz CT molecular complexity index is 765. The lowest BCUT2D eigenvalue weighted by Crippen LogP contribution is -2.25. The zero-order valence-corrected chi connectivity index (χ0v) is 18.9. The van der Waals surface area contributed by atoms with Gasteiger partial charge in [0.1, 0.15) is 11.5 Å². The highest BCUT2D eigenvalue weighted by Gasteiger charge is 2.31. The number of rotatable bonds is 8. The van der Waals surface area contributed by atoms with Crippen molar-refractivity contribution >= 4 is 35.1 Å². The molecule has 3 nitrogen and oxygen atoms in total. The minimum Gasteiger partial charge on any atom is -0.241 e. The second kappa shape index (κ2) is 9.62. The maximum atomic E-state index is 6.36. The van der Waals surface area contributed by atoms with Gasteiger partial charge < -0.3 is 0 Å². The summed E-state index contributed by atoms with van der Waals surface area (Å²) in [5.41, 5.74) is 3.59. The Hall–Kier alpha value is -0.780. The van der Waals surface area contributed by atoms with Crippen LogP contribution < -0.4 is 0 Å². The maximum Gasteiger partial charge on any atom is 0.129 e. The van der Waals surface area contributed by atoms with Crippen molar-refractivity contribution in [1.29, 1.82) is 0 Å². The Morgan fingerprint density at radius 2 is 1.93 bits per heavy atom. The summed E-state index contributed by atoms with van der Waals surface area (Å²) in [4.78, 5) is 13.5. The van der Waals surface area contributed by atoms with Crippen LogP contribution in [0.15, 0.2) is 29.6 Å². The van der Waals surface area contributed by atoms with Crippen LogP contribution in [0.25, 0.3) is 0 Å². The molecular weight excluding hydrogens is 394 g/mol. The van der Waals surface area contributed by atoms with E-state index >= 15 is 0 Å². The molecule has 0 spiro atoms. The number of aromatic nitrogens is 3. The van der Waals surface area contributed by atoms with Gasteiger partial charge in [0.15, 0.2) is 0 Å². The van der Waals surface area contributed by atoms with Gasteiger partial charge in [-0.25, -0.2) is 15.0 Å². The van der Waals surface area contributed by atoms with Crippen LogP contribution in [0.5, 0.6) is 0 Å². The molecule has 27 heavy (non-hydrogen) atoms. The zero-order valence-electron chi connectivity index (χ0n) is 16.5. The fourth-order valence-electron chi connectivity index (χ4n) is 3.47. The average Bonchev–Trinajstić information content (AvgIpc) is 2.62. The Balaban J connectivity index is 1.76. The lowest BCUT2D eigenvalue weighted by Gasteiger charge is -2.34. The number of hydrogen-bond acceptors (Lipinski definition) is 5. The van der Waals surface area contributed by atoms with Crippen LogP contribution in [-0.4, -0.2) is 32.2 Å². The number of pyridine rings is 1. The first-order valence-electron chi connectivity index (χ1n) is 9.62. The number of thioether (sulfide) groups is 2. The summed E-state index contributed by atoms with van der Waals surface area (Å²) in [6, 6.07) is 6.41. The molecule has 0 radical (unpaired) electrons. The van der Waals surface area contributed by atoms with Crippen LogP contribution in [0.1, 0.15) is 74.7 Å². The van der Waals surface area contributed by atoms with E-state index in [2.05, 4.69) is 60.9 Å². The van der Waals surface area contributed by atoms with Crippen LogP contribution in [-0.2, 0) is 0 Å². The molecule has 1 aliphatic rings. The van der Waals surface area contributed by atoms with Gasteiger partial charge in [0, 0.05) is 22.6 Å². The van der Waals surface area contributed by atoms with Gasteiger partial charge in [0.2, 0.25) is 0 Å². The predicted molar refractivity (Wildman–Crippen MR) is 118 cm³/mol. The van der Waals surface area contributed by atoms with Crippen molar-refractivity contribution in [3.05, 3.63) is 46.6 Å². The summed E-state index contributed by atoms with van der Waals surface area (Å²) in [7, 11) is 0. The Morgan fingerprint density at radius 1 is 1.15 bits per heavy atom. The van der Waals surface area contributed by atoms with E-state index in [9.17, 15) is 0 Å². The highest BCUT2D eigenvalue weighted by Crippen LogP contribution is 2.43. The van der Waals surface area contributed by atoms with Gasteiger partial charge >= 0.3 is 0 Å². The van der Waals surface area contributed by atoms with Crippen LogP contribution in [0.4, 0.5) is 0 Å². The molecule has 0 aromatic carbocycles. The van der Waals surface area contributed by atoms with Crippen molar-refractivity contribution in [1.82, 2.24) is 15.0 Å². The summed E-state index contributed by atoms with van der Waals surface area (Å²) >= 11 is 10.1. The molecule has 6 heteroatoms. The monoisotopic (exact) mass is 421 g/mol. The van der Waals surface area contributed by atoms with E-state index in [1.54, 1.807) is 18.1 Å². The molecule has 146 valence electrons. The minimum atomic E-state index is 0.412. The van der Waals surface area contributed by atoms with Gasteiger partial charge in [-0.3, -0.25) is 0 Å². The minimum absolute atomic E-state index is 0.412. The molecular formula is C21H28ClN3S2. The summed E-state index contributed by atoms with van der Waals surface area (Å²) in [5, 5.41) is 2.32. The SMILES string of the molecule is CSc1cc(C(C)CCC(c2cc(C(C)C)cc(Cl)n2)C2CCS2)ncn1. The standard InChI is InChI=1S/C21H28ClN3S2/c1-13(2)15-9-18(25-20(22)10-15)16(19-7-8-27-19)6-5-14(3)17-11-21(26-4)24-12-23-17/h9-14,16,19H,5-8H2,1-4H3. The van der Waals surface area contributed by atoms with Crippen LogP contribution in [0, 0.1) is 0 Å². The summed E-state index contributed by atoms with van der Waals surface area (Å²) < 4.78 is 0. The average molecular weight is 422 g/mol. The van der Waals surface area contributed by atoms with E-state index in [0.29, 0.717) is 28.2 Å². The maximum absolute atomic E-state index is 6.36. The second-order valence-corrected chi connectivity index (χ2v) is 10.1. The molecule has 2 aromatic heterocycles. The molecule has 1 fully saturated rings. The zero-order chi connectivity index (χ0) is 19.4. The van der Waals surface area contributed by atoms with Crippen molar-refractivity contribution in [2.45, 2.75) is 68.1 Å². The third-order valence-electron chi connectivity index (χ3n) is 5.35. The van der Waals surface area contributed by atoms with E-state index in [1.165, 1.54) is 23.4 Å². The first-order chi connectivity index (χ1) is 13.0. The van der Waals surface area contributed by atoms with Crippen molar-refractivity contribution in [2.24, 2.45) is 0 Å². The third-order valence-corrected chi connectivity index (χ3v) is 7.65. The molecule has 0 aliphatic carbocycles. The Labute approximate surface area is 176 Å². The fourth-order valence-corrected chi connectivity index (χ4v) is 5.10. The van der Waals surface area contributed by atoms with Crippen molar-refractivity contribution < 1.29 is 0 Å². The quantitative estimate of drug-likeness (QED) is 0.274. The molecule has 2 aromatic rings. The van der Waals surface area contributed by atoms with E-state index in [0.717, 1.165) is 23.6 Å². The van der Waals surface area contributed by atoms with Gasteiger partial charge in [0.25, 0.3) is 0 Å². The summed E-state index contributed by atoms with van der Waals surface area (Å²) in [6.07, 6.45) is 7.22. The Morgan fingerprint density at radius 3 is 2.56 bits per heavy atom. The Kier molecular flexibility index (Phi) is 7.46. The summed E-state index contributed by atoms with van der Waals surface area (Å²) in [5.74, 6) is 2.60. The van der Waals surface area contributed by atoms with E-state index in [-0.39, 0.29) is 0 Å². The van der Waals surface area contributed by atoms with Crippen LogP contribution in [0.3, 0.4) is 0 Å². The van der Waals surface area contributed by atoms with Gasteiger partial charge in [-0.05, 0) is 66.9 Å². The molecule has 3 unspecified atom stereocenters. The van der Waals surface area contributed by atoms with Crippen LogP contribution >= 0.6 is 35.1 Å². The molecule has 0 N–H and O–H groups in total. The first kappa shape index (κ1) is 20.9. The molecule has 0 saturated carbocycles. The molecule has 0 bridgehead atoms. The smallest absolute Gasteiger partial charge is 0.129 e. The van der Waals surface area contributed by atoms with Crippen molar-refractivity contribution in [3.63, 3.8) is 0 Å². The third kappa shape index (κ3) is 5.39. The van der Waals surface area contributed by atoms with Crippen molar-refractivity contribution in [2.75, 3.05) is 12.0 Å². The molecule has 3 rings (SSSR count). The van der Waals surface area contributed by atoms with Gasteiger partial charge in [0.05, 0.1) is 5.03 Å². The largest absolute Gasteiger partial charge is 0.241 e. The normalized spacial score (nSPS) is 19.0. The van der Waals surface area contributed by atoms with Gasteiger partial charge in [-0.2, -0.15) is 11.8 Å². The molecule has 0 amide bonds. The van der Waals surface area contributed by atoms with Gasteiger partial charge in [-0.1, -0.05) is 32.4 Å². The predicted octanol–water partition coefficient (Wildman–Crippen LogP) is 6.54. The fraction of sp³-hybridized carbons (Fsp3) is 0.571. The van der Waals surface area contributed by atoms with E-state index in [1.807, 2.05) is 6.07 Å². The highest BCUT2D eigenvalue weighted by molar-refractivity contribution is 8.01. The lowest BCUT2D eigenvalue weighted by atomic mass is 9.87. The lowest BCUT2D eigenvalue weighted by molar-refractivity contribution is 0.500. The second-order valence-electron chi connectivity index (χ2n) is 7.57. The number of hydrogen-bond donors (Lipinski definition) is 0. The number of nitrogens with zero attached hydrogens (tertiary/aromatic N) is 3. The van der Waals surface area contributed by atoms with Crippen LogP contribution in [0.2, 0.25) is 5.15 Å². The number of halogens is 1. The molecule has 3 heterocycles.